The molecule has 2 unspecified atom stereocenters. The lowest BCUT2D eigenvalue weighted by molar-refractivity contribution is -0.906. The number of unbranched alkanes of at least 4 members (excludes halogenated alkanes) is 6. The van der Waals surface area contributed by atoms with Gasteiger partial charge in [-0.25, -0.2) is 0 Å². The molecule has 0 radical (unpaired) electrons. The Labute approximate surface area is 227 Å². The van der Waals surface area contributed by atoms with Crippen LogP contribution in [0.1, 0.15) is 89.7 Å². The van der Waals surface area contributed by atoms with Gasteiger partial charge in [-0.05, 0) is 37.3 Å². The van der Waals surface area contributed by atoms with E-state index in [0.717, 1.165) is 42.6 Å². The smallest absolute Gasteiger partial charge is 0.314 e. The molecule has 2 aromatic rings. The average molecular weight is 511 g/mol. The van der Waals surface area contributed by atoms with Crippen molar-refractivity contribution in [3.8, 4) is 5.75 Å². The van der Waals surface area contributed by atoms with Gasteiger partial charge in [0.2, 0.25) is 0 Å². The fourth-order valence-electron chi connectivity index (χ4n) is 4.91. The van der Waals surface area contributed by atoms with E-state index in [4.69, 9.17) is 9.47 Å². The van der Waals surface area contributed by atoms with E-state index in [1.54, 1.807) is 0 Å². The fourth-order valence-corrected chi connectivity index (χ4v) is 4.91. The Morgan fingerprint density at radius 2 is 1.46 bits per heavy atom. The molecule has 0 saturated carbocycles. The molecule has 2 rings (SSSR count). The Balaban J connectivity index is 1.84. The van der Waals surface area contributed by atoms with Crippen molar-refractivity contribution in [1.82, 2.24) is 0 Å². The van der Waals surface area contributed by atoms with E-state index in [1.807, 2.05) is 12.1 Å². The number of nitrogens with zero attached hydrogens (tertiary/aromatic N) is 1. The molecule has 0 aliphatic heterocycles. The predicted octanol–water partition coefficient (Wildman–Crippen LogP) is 7.98. The zero-order valence-corrected chi connectivity index (χ0v) is 24.2. The third-order valence-corrected chi connectivity index (χ3v) is 7.18. The lowest BCUT2D eigenvalue weighted by Crippen LogP contribution is -2.45. The molecule has 0 aromatic heterocycles. The van der Waals surface area contributed by atoms with Crippen molar-refractivity contribution >= 4 is 5.97 Å². The van der Waals surface area contributed by atoms with Crippen LogP contribution >= 0.6 is 0 Å². The van der Waals surface area contributed by atoms with E-state index >= 15 is 0 Å². The fraction of sp³-hybridized carbons (Fsp3) is 0.606. The number of rotatable bonds is 19. The van der Waals surface area contributed by atoms with Crippen molar-refractivity contribution < 1.29 is 18.8 Å². The molecule has 2 aromatic carbocycles. The van der Waals surface area contributed by atoms with Gasteiger partial charge in [0.25, 0.3) is 0 Å². The van der Waals surface area contributed by atoms with Crippen LogP contribution in [0.15, 0.2) is 54.6 Å². The molecule has 0 spiro atoms. The molecular formula is C33H52NO3+. The first-order valence-corrected chi connectivity index (χ1v) is 14.7. The Bertz CT molecular complexity index is 880. The van der Waals surface area contributed by atoms with Crippen molar-refractivity contribution in [2.24, 2.45) is 5.92 Å². The molecule has 0 fully saturated rings. The Hall–Kier alpha value is -2.33. The lowest BCUT2D eigenvalue weighted by Gasteiger charge is -2.33. The maximum atomic E-state index is 13.0. The van der Waals surface area contributed by atoms with Gasteiger partial charge in [-0.2, -0.15) is 0 Å². The summed E-state index contributed by atoms with van der Waals surface area (Å²) in [7, 11) is 4.37. The van der Waals surface area contributed by atoms with Crippen LogP contribution in [-0.4, -0.2) is 43.8 Å². The number of carbonyl (C=O) groups excluding carboxylic acids is 1. The maximum Gasteiger partial charge on any atom is 0.314 e. The second kappa shape index (κ2) is 17.2. The van der Waals surface area contributed by atoms with Crippen LogP contribution < -0.4 is 4.74 Å². The quantitative estimate of drug-likeness (QED) is 0.109. The third-order valence-electron chi connectivity index (χ3n) is 7.18. The number of para-hydroxylation sites is 1. The first kappa shape index (κ1) is 30.9. The number of esters is 1. The molecular weight excluding hydrogens is 458 g/mol. The van der Waals surface area contributed by atoms with Gasteiger partial charge in [0.15, 0.2) is 0 Å². The SMILES string of the molecule is CCCCCCCCCc1ccccc1OC(CC)COC(=O)C(CC)C[N+](C)(C)Cc1ccccc1. The zero-order valence-electron chi connectivity index (χ0n) is 24.2. The van der Waals surface area contributed by atoms with Crippen LogP contribution in [0.5, 0.6) is 5.75 Å². The van der Waals surface area contributed by atoms with Gasteiger partial charge >= 0.3 is 5.97 Å². The van der Waals surface area contributed by atoms with E-state index in [1.165, 1.54) is 56.1 Å². The highest BCUT2D eigenvalue weighted by Crippen LogP contribution is 2.23. The first-order chi connectivity index (χ1) is 17.9. The average Bonchev–Trinajstić information content (AvgIpc) is 2.90. The van der Waals surface area contributed by atoms with Gasteiger partial charge in [-0.1, -0.05) is 108 Å². The van der Waals surface area contributed by atoms with Crippen LogP contribution in [0, 0.1) is 5.92 Å². The third kappa shape index (κ3) is 12.2. The van der Waals surface area contributed by atoms with Crippen molar-refractivity contribution in [3.63, 3.8) is 0 Å². The minimum absolute atomic E-state index is 0.111. The van der Waals surface area contributed by atoms with Crippen LogP contribution in [0.25, 0.3) is 0 Å². The van der Waals surface area contributed by atoms with Crippen molar-refractivity contribution in [2.45, 2.75) is 97.6 Å². The molecule has 2 atom stereocenters. The number of carbonyl (C=O) groups is 1. The first-order valence-electron chi connectivity index (χ1n) is 14.7. The van der Waals surface area contributed by atoms with Gasteiger partial charge in [-0.3, -0.25) is 4.79 Å². The van der Waals surface area contributed by atoms with E-state index < -0.39 is 0 Å². The van der Waals surface area contributed by atoms with Gasteiger partial charge in [0.1, 0.15) is 30.9 Å². The summed E-state index contributed by atoms with van der Waals surface area (Å²) < 4.78 is 12.9. The van der Waals surface area contributed by atoms with E-state index in [0.29, 0.717) is 6.61 Å². The second-order valence-corrected chi connectivity index (χ2v) is 11.1. The highest BCUT2D eigenvalue weighted by Gasteiger charge is 2.28. The van der Waals surface area contributed by atoms with Gasteiger partial charge < -0.3 is 14.0 Å². The number of aryl methyl sites for hydroxylation is 1. The largest absolute Gasteiger partial charge is 0.487 e. The predicted molar refractivity (Wildman–Crippen MR) is 155 cm³/mol. The molecule has 37 heavy (non-hydrogen) atoms. The summed E-state index contributed by atoms with van der Waals surface area (Å²) in [6, 6.07) is 18.8. The summed E-state index contributed by atoms with van der Waals surface area (Å²) in [5.74, 6) is 0.699. The highest BCUT2D eigenvalue weighted by molar-refractivity contribution is 5.72. The molecule has 0 aliphatic rings. The number of benzene rings is 2. The van der Waals surface area contributed by atoms with Crippen LogP contribution in [0.2, 0.25) is 0 Å². The Morgan fingerprint density at radius 3 is 2.14 bits per heavy atom. The summed E-state index contributed by atoms with van der Waals surface area (Å²) in [5.41, 5.74) is 2.54. The summed E-state index contributed by atoms with van der Waals surface area (Å²) in [6.45, 7) is 8.36. The van der Waals surface area contributed by atoms with Crippen LogP contribution in [0.4, 0.5) is 0 Å². The minimum atomic E-state index is -0.136. The highest BCUT2D eigenvalue weighted by atomic mass is 16.6. The molecule has 0 saturated heterocycles. The van der Waals surface area contributed by atoms with Crippen molar-refractivity contribution in [1.29, 1.82) is 0 Å². The molecule has 0 heterocycles. The van der Waals surface area contributed by atoms with Crippen LogP contribution in [-0.2, 0) is 22.5 Å². The van der Waals surface area contributed by atoms with Gasteiger partial charge in [0.05, 0.1) is 20.6 Å². The molecule has 0 amide bonds. The van der Waals surface area contributed by atoms with Crippen LogP contribution in [0.3, 0.4) is 0 Å². The van der Waals surface area contributed by atoms with E-state index in [-0.39, 0.29) is 18.0 Å². The number of quaternary nitrogens is 1. The van der Waals surface area contributed by atoms with Gasteiger partial charge in [0, 0.05) is 5.56 Å². The molecule has 0 N–H and O–H groups in total. The van der Waals surface area contributed by atoms with Crippen molar-refractivity contribution in [2.75, 3.05) is 27.2 Å². The second-order valence-electron chi connectivity index (χ2n) is 11.1. The van der Waals surface area contributed by atoms with E-state index in [9.17, 15) is 4.79 Å². The normalized spacial score (nSPS) is 13.2. The molecule has 0 bridgehead atoms. The summed E-state index contributed by atoms with van der Waals surface area (Å²) >= 11 is 0. The number of ether oxygens (including phenoxy) is 2. The summed E-state index contributed by atoms with van der Waals surface area (Å²) in [5, 5.41) is 0. The molecule has 206 valence electrons. The molecule has 4 nitrogen and oxygen atoms in total. The molecule has 4 heteroatoms. The Kier molecular flexibility index (Phi) is 14.4. The standard InChI is InChI=1S/C33H52NO3/c1-6-9-10-11-12-13-17-22-30-23-18-19-24-32(30)37-31(8-3)27-36-33(35)29(7-2)26-34(4,5)25-28-20-15-14-16-21-28/h14-16,18-21,23-24,29,31H,6-13,17,22,25-27H2,1-5H3/q+1. The van der Waals surface area contributed by atoms with Gasteiger partial charge in [-0.15, -0.1) is 0 Å². The van der Waals surface area contributed by atoms with Crippen molar-refractivity contribution in [3.05, 3.63) is 65.7 Å². The Morgan fingerprint density at radius 1 is 0.811 bits per heavy atom. The lowest BCUT2D eigenvalue weighted by atomic mass is 10.0. The maximum absolute atomic E-state index is 13.0. The number of hydrogen-bond donors (Lipinski definition) is 0. The topological polar surface area (TPSA) is 35.5 Å². The van der Waals surface area contributed by atoms with E-state index in [2.05, 4.69) is 77.3 Å². The summed E-state index contributed by atoms with van der Waals surface area (Å²) in [4.78, 5) is 13.0. The molecule has 0 aliphatic carbocycles. The number of hydrogen-bond acceptors (Lipinski definition) is 3. The monoisotopic (exact) mass is 510 g/mol. The zero-order chi connectivity index (χ0) is 26.9. The minimum Gasteiger partial charge on any atom is -0.487 e. The summed E-state index contributed by atoms with van der Waals surface area (Å²) in [6.07, 6.45) is 11.6.